The first-order valence-corrected chi connectivity index (χ1v) is 11.5. The number of hydrogen-bond acceptors (Lipinski definition) is 5. The molecule has 0 bridgehead atoms. The minimum absolute atomic E-state index is 0.251. The van der Waals surface area contributed by atoms with Crippen molar-refractivity contribution in [2.45, 2.75) is 43.5 Å². The predicted molar refractivity (Wildman–Crippen MR) is 119 cm³/mol. The van der Waals surface area contributed by atoms with Gasteiger partial charge in [0.25, 0.3) is 5.56 Å². The molecule has 0 fully saturated rings. The molecule has 0 saturated carbocycles. The summed E-state index contributed by atoms with van der Waals surface area (Å²) >= 11 is 0. The van der Waals surface area contributed by atoms with Crippen LogP contribution in [0.15, 0.2) is 57.3 Å². The molecule has 1 N–H and O–H groups in total. The maximum absolute atomic E-state index is 12.9. The number of benzene rings is 1. The SMILES string of the molecule is CN(CCCn1c2c(c(=O)[nH]c1=O)CCCC2)S(=O)c1ccc(-c2cnccn2)cc1. The number of aromatic amines is 1. The number of aromatic nitrogens is 4. The highest BCUT2D eigenvalue weighted by atomic mass is 32.2. The summed E-state index contributed by atoms with van der Waals surface area (Å²) in [5.74, 6) is 0. The lowest BCUT2D eigenvalue weighted by Gasteiger charge is -2.21. The fraction of sp³-hybridized carbons (Fsp3) is 0.364. The maximum Gasteiger partial charge on any atom is 0.328 e. The van der Waals surface area contributed by atoms with Crippen LogP contribution in [0, 0.1) is 0 Å². The van der Waals surface area contributed by atoms with Crippen molar-refractivity contribution in [2.24, 2.45) is 0 Å². The molecule has 162 valence electrons. The van der Waals surface area contributed by atoms with Crippen molar-refractivity contribution in [3.8, 4) is 11.3 Å². The molecule has 0 saturated heterocycles. The third-order valence-electron chi connectivity index (χ3n) is 5.56. The van der Waals surface area contributed by atoms with Crippen molar-refractivity contribution in [1.29, 1.82) is 0 Å². The minimum Gasteiger partial charge on any atom is -0.297 e. The normalized spacial score (nSPS) is 14.4. The predicted octanol–water partition coefficient (Wildman–Crippen LogP) is 1.92. The summed E-state index contributed by atoms with van der Waals surface area (Å²) in [5.41, 5.74) is 2.68. The first-order chi connectivity index (χ1) is 15.0. The maximum atomic E-state index is 12.9. The number of nitrogens with zero attached hydrogens (tertiary/aromatic N) is 4. The van der Waals surface area contributed by atoms with Gasteiger partial charge in [0.05, 0.1) is 16.8 Å². The smallest absolute Gasteiger partial charge is 0.297 e. The Morgan fingerprint density at radius 1 is 1.13 bits per heavy atom. The van der Waals surface area contributed by atoms with Crippen LogP contribution in [0.4, 0.5) is 0 Å². The molecule has 0 aliphatic heterocycles. The lowest BCUT2D eigenvalue weighted by molar-refractivity contribution is 0.461. The van der Waals surface area contributed by atoms with Gasteiger partial charge in [-0.25, -0.2) is 13.3 Å². The first kappa shape index (κ1) is 21.3. The van der Waals surface area contributed by atoms with Crippen LogP contribution in [-0.2, 0) is 30.4 Å². The number of nitrogens with one attached hydrogen (secondary N) is 1. The van der Waals surface area contributed by atoms with E-state index in [1.807, 2.05) is 24.3 Å². The Kier molecular flexibility index (Phi) is 6.53. The third kappa shape index (κ3) is 4.72. The van der Waals surface area contributed by atoms with Crippen LogP contribution >= 0.6 is 0 Å². The number of hydrogen-bond donors (Lipinski definition) is 1. The van der Waals surface area contributed by atoms with Gasteiger partial charge in [-0.3, -0.25) is 24.3 Å². The monoisotopic (exact) mass is 439 g/mol. The Morgan fingerprint density at radius 3 is 2.65 bits per heavy atom. The Bertz CT molecular complexity index is 1190. The molecular weight excluding hydrogens is 414 g/mol. The summed E-state index contributed by atoms with van der Waals surface area (Å²) < 4.78 is 16.3. The van der Waals surface area contributed by atoms with Gasteiger partial charge in [0, 0.05) is 49.4 Å². The second kappa shape index (κ2) is 9.49. The zero-order chi connectivity index (χ0) is 21.8. The van der Waals surface area contributed by atoms with Crippen molar-refractivity contribution in [1.82, 2.24) is 23.8 Å². The van der Waals surface area contributed by atoms with Crippen molar-refractivity contribution in [3.63, 3.8) is 0 Å². The van der Waals surface area contributed by atoms with Crippen LogP contribution in [-0.4, -0.2) is 41.6 Å². The summed E-state index contributed by atoms with van der Waals surface area (Å²) in [6.07, 6.45) is 9.05. The average Bonchev–Trinajstić information content (AvgIpc) is 2.81. The van der Waals surface area contributed by atoms with Gasteiger partial charge >= 0.3 is 5.69 Å². The molecule has 1 aromatic carbocycles. The van der Waals surface area contributed by atoms with Crippen molar-refractivity contribution in [3.05, 3.63) is 75.0 Å². The fourth-order valence-corrected chi connectivity index (χ4v) is 4.96. The van der Waals surface area contributed by atoms with Gasteiger partial charge in [0.15, 0.2) is 0 Å². The van der Waals surface area contributed by atoms with Crippen LogP contribution < -0.4 is 11.2 Å². The van der Waals surface area contributed by atoms with Crippen LogP contribution in [0.2, 0.25) is 0 Å². The van der Waals surface area contributed by atoms with E-state index >= 15 is 0 Å². The minimum atomic E-state index is -1.31. The van der Waals surface area contributed by atoms with Gasteiger partial charge in [-0.1, -0.05) is 12.1 Å². The summed E-state index contributed by atoms with van der Waals surface area (Å²) in [7, 11) is 0.494. The van der Waals surface area contributed by atoms with E-state index in [9.17, 15) is 13.8 Å². The van der Waals surface area contributed by atoms with Crippen LogP contribution in [0.5, 0.6) is 0 Å². The zero-order valence-corrected chi connectivity index (χ0v) is 18.2. The van der Waals surface area contributed by atoms with E-state index in [-0.39, 0.29) is 11.2 Å². The molecule has 4 rings (SSSR count). The molecule has 1 atom stereocenters. The summed E-state index contributed by atoms with van der Waals surface area (Å²) in [6.45, 7) is 1.05. The molecule has 0 radical (unpaired) electrons. The van der Waals surface area contributed by atoms with Crippen LogP contribution in [0.3, 0.4) is 0 Å². The number of H-pyrrole nitrogens is 1. The van der Waals surface area contributed by atoms with E-state index in [0.29, 0.717) is 24.4 Å². The molecular formula is C22H25N5O3S. The third-order valence-corrected chi connectivity index (χ3v) is 6.98. The van der Waals surface area contributed by atoms with Gasteiger partial charge in [0.2, 0.25) is 0 Å². The highest BCUT2D eigenvalue weighted by Crippen LogP contribution is 2.19. The van der Waals surface area contributed by atoms with E-state index in [2.05, 4.69) is 15.0 Å². The topological polar surface area (TPSA) is 101 Å². The molecule has 9 heteroatoms. The van der Waals surface area contributed by atoms with Crippen molar-refractivity contribution < 1.29 is 4.21 Å². The number of fused-ring (bicyclic) bond motifs is 1. The van der Waals surface area contributed by atoms with Gasteiger partial charge in [-0.15, -0.1) is 0 Å². The molecule has 1 aliphatic rings. The summed E-state index contributed by atoms with van der Waals surface area (Å²) in [6, 6.07) is 7.44. The molecule has 3 aromatic rings. The van der Waals surface area contributed by atoms with Gasteiger partial charge in [-0.2, -0.15) is 0 Å². The second-order valence-corrected chi connectivity index (χ2v) is 9.21. The lowest BCUT2D eigenvalue weighted by atomic mass is 9.97. The van der Waals surface area contributed by atoms with Gasteiger partial charge in [0.1, 0.15) is 11.0 Å². The lowest BCUT2D eigenvalue weighted by Crippen LogP contribution is -2.37. The standard InChI is InChI=1S/C22H25N5O3S/c1-26(31(30)17-9-7-16(8-10-17)19-15-23-11-12-24-19)13-4-14-27-20-6-3-2-5-18(20)21(28)25-22(27)29/h7-12,15H,2-6,13-14H2,1H3,(H,25,28,29). The van der Waals surface area contributed by atoms with Crippen molar-refractivity contribution >= 4 is 11.0 Å². The van der Waals surface area contributed by atoms with E-state index in [4.69, 9.17) is 0 Å². The molecule has 8 nitrogen and oxygen atoms in total. The molecule has 2 aromatic heterocycles. The largest absolute Gasteiger partial charge is 0.328 e. The number of rotatable bonds is 7. The molecule has 0 spiro atoms. The van der Waals surface area contributed by atoms with E-state index in [0.717, 1.165) is 48.2 Å². The fourth-order valence-electron chi connectivity index (χ4n) is 3.94. The van der Waals surface area contributed by atoms with Crippen molar-refractivity contribution in [2.75, 3.05) is 13.6 Å². The van der Waals surface area contributed by atoms with Gasteiger partial charge in [-0.05, 0) is 44.2 Å². The molecule has 0 amide bonds. The van der Waals surface area contributed by atoms with E-state index in [1.165, 1.54) is 0 Å². The highest BCUT2D eigenvalue weighted by Gasteiger charge is 2.18. The quantitative estimate of drug-likeness (QED) is 0.606. The summed E-state index contributed by atoms with van der Waals surface area (Å²) in [4.78, 5) is 35.9. The Labute approximate surface area is 182 Å². The first-order valence-electron chi connectivity index (χ1n) is 10.4. The van der Waals surface area contributed by atoms with E-state index in [1.54, 1.807) is 34.5 Å². The molecule has 2 heterocycles. The van der Waals surface area contributed by atoms with E-state index < -0.39 is 11.0 Å². The highest BCUT2D eigenvalue weighted by molar-refractivity contribution is 7.82. The van der Waals surface area contributed by atoms with Crippen LogP contribution in [0.1, 0.15) is 30.5 Å². The Morgan fingerprint density at radius 2 is 1.90 bits per heavy atom. The van der Waals surface area contributed by atoms with Gasteiger partial charge < -0.3 is 0 Å². The average molecular weight is 440 g/mol. The molecule has 1 aliphatic carbocycles. The summed E-state index contributed by atoms with van der Waals surface area (Å²) in [5, 5.41) is 0. The Balaban J connectivity index is 1.39. The molecule has 1 unspecified atom stereocenters. The molecule has 31 heavy (non-hydrogen) atoms. The zero-order valence-electron chi connectivity index (χ0n) is 17.4. The second-order valence-electron chi connectivity index (χ2n) is 7.61. The Hall–Kier alpha value is -2.91. The van der Waals surface area contributed by atoms with Crippen LogP contribution in [0.25, 0.3) is 11.3 Å².